The highest BCUT2D eigenvalue weighted by molar-refractivity contribution is 5.50. The van der Waals surface area contributed by atoms with Gasteiger partial charge in [-0.2, -0.15) is 4.98 Å². The molecule has 0 radical (unpaired) electrons. The summed E-state index contributed by atoms with van der Waals surface area (Å²) in [6, 6.07) is 32.6. The van der Waals surface area contributed by atoms with Crippen LogP contribution in [0, 0.1) is 0 Å². The van der Waals surface area contributed by atoms with Crippen LogP contribution in [-0.2, 0) is 10.2 Å². The average molecular weight is 453 g/mol. The summed E-state index contributed by atoms with van der Waals surface area (Å²) in [4.78, 5) is 15.6. The number of aliphatic hydroxyl groups excluding tert-OH is 1. The van der Waals surface area contributed by atoms with Crippen LogP contribution in [-0.4, -0.2) is 33.0 Å². The SMILES string of the molecule is O=c1ccn2c(n1)O[C@@H]1[C@H](O)[C@@H](CC(c3ccccc3)(c3ccccc3)c3ccccc3)O[C@H]12. The number of fused-ring (bicyclic) bond motifs is 3. The molecule has 3 aromatic carbocycles. The maximum atomic E-state index is 11.6. The van der Waals surface area contributed by atoms with E-state index in [9.17, 15) is 9.90 Å². The van der Waals surface area contributed by atoms with Crippen molar-refractivity contribution < 1.29 is 14.6 Å². The molecule has 6 heteroatoms. The van der Waals surface area contributed by atoms with Crippen molar-refractivity contribution in [2.75, 3.05) is 0 Å². The minimum absolute atomic E-state index is 0.181. The topological polar surface area (TPSA) is 73.6 Å². The van der Waals surface area contributed by atoms with Crippen molar-refractivity contribution in [1.29, 1.82) is 0 Å². The molecule has 6 nitrogen and oxygen atoms in total. The number of ether oxygens (including phenoxy) is 2. The van der Waals surface area contributed by atoms with E-state index >= 15 is 0 Å². The Balaban J connectivity index is 1.46. The van der Waals surface area contributed by atoms with E-state index < -0.39 is 30.0 Å². The lowest BCUT2D eigenvalue weighted by molar-refractivity contribution is -0.0271. The van der Waals surface area contributed by atoms with Gasteiger partial charge in [0, 0.05) is 17.7 Å². The molecule has 0 saturated carbocycles. The Morgan fingerprint density at radius 3 is 1.88 bits per heavy atom. The number of aromatic nitrogens is 2. The van der Waals surface area contributed by atoms with Crippen molar-refractivity contribution in [2.24, 2.45) is 0 Å². The van der Waals surface area contributed by atoms with Gasteiger partial charge in [0.2, 0.25) is 0 Å². The van der Waals surface area contributed by atoms with Gasteiger partial charge in [0.05, 0.1) is 6.10 Å². The largest absolute Gasteiger partial charge is 0.453 e. The molecule has 170 valence electrons. The minimum Gasteiger partial charge on any atom is -0.453 e. The van der Waals surface area contributed by atoms with E-state index in [1.807, 2.05) is 54.6 Å². The van der Waals surface area contributed by atoms with Gasteiger partial charge in [-0.15, -0.1) is 0 Å². The number of aliphatic hydroxyl groups is 1. The molecule has 1 saturated heterocycles. The minimum atomic E-state index is -0.891. The van der Waals surface area contributed by atoms with E-state index in [1.54, 1.807) is 10.8 Å². The third-order valence-electron chi connectivity index (χ3n) is 6.94. The maximum absolute atomic E-state index is 11.6. The van der Waals surface area contributed by atoms with Crippen molar-refractivity contribution >= 4 is 0 Å². The lowest BCUT2D eigenvalue weighted by atomic mass is 9.66. The molecule has 1 N–H and O–H groups in total. The molecular formula is C28H24N2O4. The molecule has 1 fully saturated rings. The zero-order valence-electron chi connectivity index (χ0n) is 18.4. The summed E-state index contributed by atoms with van der Waals surface area (Å²) >= 11 is 0. The molecule has 4 atom stereocenters. The van der Waals surface area contributed by atoms with Crippen LogP contribution in [0.3, 0.4) is 0 Å². The smallest absolute Gasteiger partial charge is 0.302 e. The predicted octanol–water partition coefficient (Wildman–Crippen LogP) is 3.69. The highest BCUT2D eigenvalue weighted by Crippen LogP contribution is 2.48. The molecule has 0 spiro atoms. The Kier molecular flexibility index (Phi) is 5.05. The number of hydrogen-bond donors (Lipinski definition) is 1. The van der Waals surface area contributed by atoms with Gasteiger partial charge in [-0.05, 0) is 23.1 Å². The Labute approximate surface area is 197 Å². The number of hydrogen-bond acceptors (Lipinski definition) is 5. The van der Waals surface area contributed by atoms with E-state index in [2.05, 4.69) is 41.4 Å². The summed E-state index contributed by atoms with van der Waals surface area (Å²) < 4.78 is 14.0. The Bertz CT molecular complexity index is 1240. The summed E-state index contributed by atoms with van der Waals surface area (Å²) in [5, 5.41) is 11.3. The zero-order valence-corrected chi connectivity index (χ0v) is 18.4. The summed E-state index contributed by atoms with van der Waals surface area (Å²) in [5.41, 5.74) is 2.41. The fraction of sp³-hybridized carbons (Fsp3) is 0.214. The molecule has 34 heavy (non-hydrogen) atoms. The van der Waals surface area contributed by atoms with Crippen LogP contribution in [0.1, 0.15) is 29.3 Å². The molecule has 1 aromatic heterocycles. The van der Waals surface area contributed by atoms with Gasteiger partial charge in [-0.25, -0.2) is 0 Å². The van der Waals surface area contributed by atoms with Crippen molar-refractivity contribution in [1.82, 2.24) is 9.55 Å². The monoisotopic (exact) mass is 452 g/mol. The third kappa shape index (κ3) is 3.26. The van der Waals surface area contributed by atoms with Gasteiger partial charge in [-0.3, -0.25) is 9.36 Å². The standard InChI is InChI=1S/C28H24N2O4/c31-23-16-17-30-26-25(34-27(30)29-23)24(32)22(33-26)18-28(19-10-4-1-5-11-19,20-12-6-2-7-13-20)21-14-8-3-9-15-21/h1-17,22,24-26,32H,18H2/t22-,24-,25-,26-/m1/s1. The van der Waals surface area contributed by atoms with E-state index in [0.717, 1.165) is 16.7 Å². The molecule has 0 unspecified atom stereocenters. The van der Waals surface area contributed by atoms with Gasteiger partial charge in [-0.1, -0.05) is 91.0 Å². The predicted molar refractivity (Wildman–Crippen MR) is 127 cm³/mol. The highest BCUT2D eigenvalue weighted by Gasteiger charge is 2.53. The van der Waals surface area contributed by atoms with Crippen LogP contribution in [0.5, 0.6) is 6.01 Å². The van der Waals surface area contributed by atoms with Crippen molar-refractivity contribution in [3.05, 3.63) is 130 Å². The van der Waals surface area contributed by atoms with Crippen LogP contribution in [0.15, 0.2) is 108 Å². The van der Waals surface area contributed by atoms with Gasteiger partial charge in [0.1, 0.15) is 6.10 Å². The summed E-state index contributed by atoms with van der Waals surface area (Å²) in [6.45, 7) is 0. The zero-order chi connectivity index (χ0) is 23.1. The van der Waals surface area contributed by atoms with E-state index in [-0.39, 0.29) is 11.6 Å². The maximum Gasteiger partial charge on any atom is 0.302 e. The van der Waals surface area contributed by atoms with Crippen molar-refractivity contribution in [3.63, 3.8) is 0 Å². The lowest BCUT2D eigenvalue weighted by Crippen LogP contribution is -2.40. The average Bonchev–Trinajstić information content (AvgIpc) is 3.39. The fourth-order valence-corrected chi connectivity index (χ4v) is 5.36. The lowest BCUT2D eigenvalue weighted by Gasteiger charge is -2.38. The molecule has 2 aliphatic rings. The molecule has 4 aromatic rings. The fourth-order valence-electron chi connectivity index (χ4n) is 5.36. The molecule has 3 heterocycles. The first-order chi connectivity index (χ1) is 16.7. The van der Waals surface area contributed by atoms with Crippen molar-refractivity contribution in [3.8, 4) is 6.01 Å². The van der Waals surface area contributed by atoms with Crippen LogP contribution in [0.2, 0.25) is 0 Å². The van der Waals surface area contributed by atoms with Crippen LogP contribution < -0.4 is 10.3 Å². The second-order valence-corrected chi connectivity index (χ2v) is 8.80. The Morgan fingerprint density at radius 1 is 0.824 bits per heavy atom. The van der Waals surface area contributed by atoms with Gasteiger partial charge < -0.3 is 14.6 Å². The number of nitrogens with zero attached hydrogens (tertiary/aromatic N) is 2. The third-order valence-corrected chi connectivity index (χ3v) is 6.94. The summed E-state index contributed by atoms with van der Waals surface area (Å²) in [7, 11) is 0. The first kappa shape index (κ1) is 20.8. The summed E-state index contributed by atoms with van der Waals surface area (Å²) in [5.74, 6) is 0. The van der Waals surface area contributed by atoms with Crippen molar-refractivity contribution in [2.45, 2.75) is 36.4 Å². The normalized spacial score (nSPS) is 23.2. The van der Waals surface area contributed by atoms with Crippen LogP contribution in [0.4, 0.5) is 0 Å². The van der Waals surface area contributed by atoms with E-state index in [0.29, 0.717) is 6.42 Å². The molecule has 6 rings (SSSR count). The first-order valence-electron chi connectivity index (χ1n) is 11.4. The molecule has 2 aliphatic heterocycles. The molecule has 0 bridgehead atoms. The molecular weight excluding hydrogens is 428 g/mol. The van der Waals surface area contributed by atoms with Gasteiger partial charge in [0.25, 0.3) is 5.56 Å². The molecule has 0 amide bonds. The highest BCUT2D eigenvalue weighted by atomic mass is 16.6. The van der Waals surface area contributed by atoms with Crippen LogP contribution >= 0.6 is 0 Å². The van der Waals surface area contributed by atoms with Crippen LogP contribution in [0.25, 0.3) is 0 Å². The van der Waals surface area contributed by atoms with Gasteiger partial charge >= 0.3 is 6.01 Å². The van der Waals surface area contributed by atoms with Gasteiger partial charge in [0.15, 0.2) is 12.3 Å². The first-order valence-corrected chi connectivity index (χ1v) is 11.4. The Morgan fingerprint density at radius 2 is 1.35 bits per heavy atom. The molecule has 0 aliphatic carbocycles. The second-order valence-electron chi connectivity index (χ2n) is 8.80. The van der Waals surface area contributed by atoms with E-state index in [4.69, 9.17) is 9.47 Å². The second kappa shape index (κ2) is 8.24. The Hall–Kier alpha value is -3.74. The number of rotatable bonds is 5. The number of benzene rings is 3. The quantitative estimate of drug-likeness (QED) is 0.468. The summed E-state index contributed by atoms with van der Waals surface area (Å²) in [6.07, 6.45) is -0.447. The van der Waals surface area contributed by atoms with E-state index in [1.165, 1.54) is 6.07 Å².